The molecule has 4 amide bonds. The van der Waals surface area contributed by atoms with Crippen molar-refractivity contribution in [3.8, 4) is 5.75 Å². The van der Waals surface area contributed by atoms with Gasteiger partial charge in [0.25, 0.3) is 5.91 Å². The van der Waals surface area contributed by atoms with Crippen LogP contribution in [0.25, 0.3) is 0 Å². The molecule has 3 fully saturated rings. The number of phenols is 1. The van der Waals surface area contributed by atoms with Gasteiger partial charge in [-0.15, -0.1) is 0 Å². The maximum Gasteiger partial charge on any atom is 0.325 e. The van der Waals surface area contributed by atoms with E-state index in [9.17, 15) is 59.4 Å². The number of piperidine rings is 1. The highest BCUT2D eigenvalue weighted by Gasteiger charge is 2.57. The number of amides is 4. The lowest BCUT2D eigenvalue weighted by Gasteiger charge is -2.56. The number of hydrogen-bond donors (Lipinski definition) is 10. The number of rotatable bonds is 16. The number of allylic oxidation sites excluding steroid dienone is 2. The number of phenolic OH excluding ortho intramolecular Hbond substituents is 1. The zero-order valence-electron chi connectivity index (χ0n) is 48.2. The topological polar surface area (TPSA) is 294 Å². The SMILES string of the molecule is CC[C@H]1C[C@H](C)[C@@]2(NC1=O)O[C@@H](C[C@H](O)[C@@H](C)CCC(O)CC=C(C)[C@@H]1CC=CC=C[C@H](O)[C@H](C)[C@@H](O)[C@@H](CCC(C)=O)C(=O)N[C@@H](C(C)C)C(=O)N[C@@H](Cc3cccc(O)c3)C(=O)N3CCCC(N3)C(=O)O1)[C@H](C)[C@H](O)[C@@H]2C. The van der Waals surface area contributed by atoms with Crippen LogP contribution in [0, 0.1) is 47.3 Å². The fourth-order valence-corrected chi connectivity index (χ4v) is 11.6. The molecule has 1 aromatic rings. The number of aliphatic hydroxyl groups excluding tert-OH is 5. The normalized spacial score (nSPS) is 34.2. The van der Waals surface area contributed by atoms with Crippen LogP contribution in [0.1, 0.15) is 145 Å². The lowest BCUT2D eigenvalue weighted by atomic mass is 9.69. The average Bonchev–Trinajstić information content (AvgIpc) is 3.49. The van der Waals surface area contributed by atoms with Crippen molar-refractivity contribution in [1.82, 2.24) is 26.4 Å². The smallest absolute Gasteiger partial charge is 0.325 e. The minimum absolute atomic E-state index is 0.0476. The lowest BCUT2D eigenvalue weighted by Crippen LogP contribution is -2.71. The highest BCUT2D eigenvalue weighted by molar-refractivity contribution is 5.93. The highest BCUT2D eigenvalue weighted by Crippen LogP contribution is 2.46. The number of Topliss-reactive ketones (excluding diaryl/α,β-unsaturated/α-hetero) is 1. The molecule has 5 rings (SSSR count). The van der Waals surface area contributed by atoms with Crippen molar-refractivity contribution < 1.29 is 68.9 Å². The number of hydrogen-bond acceptors (Lipinski definition) is 15. The highest BCUT2D eigenvalue weighted by atomic mass is 16.5. The van der Waals surface area contributed by atoms with Gasteiger partial charge >= 0.3 is 5.97 Å². The number of hydrazine groups is 1. The molecule has 1 spiro atoms. The van der Waals surface area contributed by atoms with Gasteiger partial charge < -0.3 is 60.9 Å². The van der Waals surface area contributed by atoms with E-state index in [4.69, 9.17) is 9.47 Å². The van der Waals surface area contributed by atoms with Gasteiger partial charge in [0.15, 0.2) is 0 Å². The van der Waals surface area contributed by atoms with Crippen LogP contribution in [0.3, 0.4) is 0 Å². The molecule has 442 valence electrons. The minimum atomic E-state index is -1.45. The predicted octanol–water partition coefficient (Wildman–Crippen LogP) is 4.60. The number of carbonyl (C=O) groups is 6. The molecular formula is C60H93N5O14. The monoisotopic (exact) mass is 1110 g/mol. The molecule has 2 bridgehead atoms. The summed E-state index contributed by atoms with van der Waals surface area (Å²) in [6, 6.07) is 2.79. The number of ether oxygens (including phenoxy) is 2. The Kier molecular flexibility index (Phi) is 24.3. The van der Waals surface area contributed by atoms with Crippen LogP contribution in [0.4, 0.5) is 0 Å². The number of nitrogens with one attached hydrogen (secondary N) is 4. The number of ketones is 1. The van der Waals surface area contributed by atoms with Crippen LogP contribution in [-0.2, 0) is 44.7 Å². The van der Waals surface area contributed by atoms with Crippen molar-refractivity contribution in [2.24, 2.45) is 47.3 Å². The average molecular weight is 1110 g/mol. The first-order valence-corrected chi connectivity index (χ1v) is 28.8. The first kappa shape index (κ1) is 64.8. The largest absolute Gasteiger partial charge is 0.508 e. The Morgan fingerprint density at radius 2 is 1.65 bits per heavy atom. The molecule has 4 aliphatic rings. The summed E-state index contributed by atoms with van der Waals surface area (Å²) in [5.74, 6) is -6.74. The van der Waals surface area contributed by atoms with Crippen molar-refractivity contribution >= 4 is 35.4 Å². The van der Waals surface area contributed by atoms with Gasteiger partial charge in [-0.25, -0.2) is 5.43 Å². The van der Waals surface area contributed by atoms with E-state index in [0.717, 1.165) is 0 Å². The summed E-state index contributed by atoms with van der Waals surface area (Å²) in [6.07, 6.45) is 5.01. The number of carbonyl (C=O) groups excluding carboxylic acids is 6. The second kappa shape index (κ2) is 29.6. The Labute approximate surface area is 467 Å². The predicted molar refractivity (Wildman–Crippen MR) is 297 cm³/mol. The van der Waals surface area contributed by atoms with E-state index >= 15 is 0 Å². The zero-order valence-corrected chi connectivity index (χ0v) is 48.2. The second-order valence-corrected chi connectivity index (χ2v) is 23.7. The molecule has 3 saturated heterocycles. The van der Waals surface area contributed by atoms with Crippen LogP contribution >= 0.6 is 0 Å². The third kappa shape index (κ3) is 17.3. The molecule has 1 aromatic carbocycles. The molecule has 10 N–H and O–H groups in total. The van der Waals surface area contributed by atoms with Crippen LogP contribution in [0.5, 0.6) is 5.75 Å². The minimum Gasteiger partial charge on any atom is -0.508 e. The van der Waals surface area contributed by atoms with Crippen LogP contribution in [-0.4, -0.2) is 144 Å². The van der Waals surface area contributed by atoms with E-state index in [1.165, 1.54) is 30.1 Å². The third-order valence-electron chi connectivity index (χ3n) is 17.3. The first-order valence-electron chi connectivity index (χ1n) is 28.8. The number of cyclic esters (lactones) is 1. The number of fused-ring (bicyclic) bond motifs is 2. The van der Waals surface area contributed by atoms with E-state index < -0.39 is 108 Å². The van der Waals surface area contributed by atoms with Gasteiger partial charge in [0.1, 0.15) is 41.5 Å². The molecule has 0 aliphatic carbocycles. The van der Waals surface area contributed by atoms with E-state index in [0.29, 0.717) is 49.7 Å². The Morgan fingerprint density at radius 1 is 0.924 bits per heavy atom. The van der Waals surface area contributed by atoms with Gasteiger partial charge in [0, 0.05) is 61.8 Å². The summed E-state index contributed by atoms with van der Waals surface area (Å²) < 4.78 is 12.9. The quantitative estimate of drug-likeness (QED) is 0.0800. The van der Waals surface area contributed by atoms with Gasteiger partial charge in [-0.1, -0.05) is 97.9 Å². The van der Waals surface area contributed by atoms with E-state index in [1.807, 2.05) is 34.6 Å². The number of nitrogens with zero attached hydrogens (tertiary/aromatic N) is 1. The van der Waals surface area contributed by atoms with Gasteiger partial charge in [-0.05, 0) is 100 Å². The molecule has 19 nitrogen and oxygen atoms in total. The fourth-order valence-electron chi connectivity index (χ4n) is 11.6. The van der Waals surface area contributed by atoms with E-state index in [-0.39, 0.29) is 92.1 Å². The summed E-state index contributed by atoms with van der Waals surface area (Å²) in [4.78, 5) is 82.3. The Morgan fingerprint density at radius 3 is 2.32 bits per heavy atom. The molecule has 2 unspecified atom stereocenters. The van der Waals surface area contributed by atoms with Crippen molar-refractivity contribution in [3.05, 3.63) is 65.8 Å². The van der Waals surface area contributed by atoms with Crippen molar-refractivity contribution in [2.45, 2.75) is 213 Å². The lowest BCUT2D eigenvalue weighted by molar-refractivity contribution is -0.267. The molecule has 0 radical (unpaired) electrons. The maximum atomic E-state index is 14.5. The zero-order chi connectivity index (χ0) is 58.5. The molecule has 79 heavy (non-hydrogen) atoms. The summed E-state index contributed by atoms with van der Waals surface area (Å²) in [6.45, 7) is 18.0. The first-order chi connectivity index (χ1) is 37.3. The molecule has 18 atom stereocenters. The van der Waals surface area contributed by atoms with E-state index in [2.05, 4.69) is 21.4 Å². The van der Waals surface area contributed by atoms with Crippen LogP contribution < -0.4 is 21.4 Å². The maximum absolute atomic E-state index is 14.5. The fraction of sp³-hybridized carbons (Fsp3) is 0.700. The van der Waals surface area contributed by atoms with Crippen molar-refractivity contribution in [3.63, 3.8) is 0 Å². The summed E-state index contributed by atoms with van der Waals surface area (Å²) >= 11 is 0. The molecule has 4 heterocycles. The summed E-state index contributed by atoms with van der Waals surface area (Å²) in [5, 5.41) is 77.4. The number of esters is 1. The molecule has 19 heteroatoms. The van der Waals surface area contributed by atoms with Gasteiger partial charge in [-0.3, -0.25) is 29.0 Å². The molecule has 4 aliphatic heterocycles. The number of aliphatic hydroxyl groups is 5. The van der Waals surface area contributed by atoms with Gasteiger partial charge in [0.05, 0.1) is 42.5 Å². The van der Waals surface area contributed by atoms with Crippen molar-refractivity contribution in [1.29, 1.82) is 0 Å². The van der Waals surface area contributed by atoms with Crippen LogP contribution in [0.2, 0.25) is 0 Å². The van der Waals surface area contributed by atoms with Gasteiger partial charge in [-0.2, -0.15) is 0 Å². The Hall–Kier alpha value is -5.02. The molecule has 0 aromatic heterocycles. The van der Waals surface area contributed by atoms with Gasteiger partial charge in [0.2, 0.25) is 17.7 Å². The Bertz CT molecular complexity index is 2330. The summed E-state index contributed by atoms with van der Waals surface area (Å²) in [5.41, 5.74) is 3.13. The molecule has 0 saturated carbocycles. The molecular weight excluding hydrogens is 1010 g/mol. The third-order valence-corrected chi connectivity index (χ3v) is 17.3. The summed E-state index contributed by atoms with van der Waals surface area (Å²) in [7, 11) is 0. The van der Waals surface area contributed by atoms with Crippen LogP contribution in [0.15, 0.2) is 60.2 Å². The standard InChI is InChI=1S/C60H93N5O14/c1-11-42-29-36(6)60(63-55(42)73)40(10)53(71)39(9)51(79-60)32-49(70)34(4)22-25-43(67)26-23-35(5)50-21-14-12-13-20-48(69)38(8)54(72)45(27-24-37(7)66)56(74)62-52(33(2)3)57(75)61-47(31-41-17-15-18-44(68)30-41)58(76)65-28-16-19-46(64-65)59(77)78-50/h12-15,17-18,20,23,30,33-34,36,38-40,42-43,45-54,64,67-72H,11,16,19,21-22,24-29,31-32H2,1-10H3,(H,61,75)(H,62,74)(H,63,73)/t34-,36-,38-,39-,40-,42-,43?,45+,46?,47-,48-,49-,50-,51-,52-,53-,54+,60+/m0/s1. The van der Waals surface area contributed by atoms with E-state index in [1.54, 1.807) is 64.1 Å². The number of aromatic hydroxyl groups is 1. The second-order valence-electron chi connectivity index (χ2n) is 23.7. The Balaban J connectivity index is 1.34. The number of benzene rings is 1. The van der Waals surface area contributed by atoms with Crippen molar-refractivity contribution in [2.75, 3.05) is 6.54 Å².